The van der Waals surface area contributed by atoms with Crippen molar-refractivity contribution in [1.82, 2.24) is 13.9 Å². The van der Waals surface area contributed by atoms with E-state index in [-0.39, 0.29) is 29.6 Å². The number of benzene rings is 2. The lowest BCUT2D eigenvalue weighted by Crippen LogP contribution is -2.55. The van der Waals surface area contributed by atoms with Crippen molar-refractivity contribution in [3.63, 3.8) is 0 Å². The van der Waals surface area contributed by atoms with E-state index in [0.29, 0.717) is 61.8 Å². The zero-order chi connectivity index (χ0) is 27.1. The highest BCUT2D eigenvalue weighted by atomic mass is 35.5. The molecule has 39 heavy (non-hydrogen) atoms. The van der Waals surface area contributed by atoms with Crippen molar-refractivity contribution in [2.75, 3.05) is 13.1 Å². The molecule has 9 heteroatoms. The first-order valence-corrected chi connectivity index (χ1v) is 16.0. The van der Waals surface area contributed by atoms with Crippen LogP contribution in [0.5, 0.6) is 0 Å². The van der Waals surface area contributed by atoms with Crippen LogP contribution < -0.4 is 5.32 Å². The molecule has 2 aromatic carbocycles. The molecule has 0 radical (unpaired) electrons. The van der Waals surface area contributed by atoms with E-state index in [2.05, 4.69) is 17.4 Å². The van der Waals surface area contributed by atoms with Crippen LogP contribution in [-0.4, -0.2) is 59.8 Å². The molecular formula is C30H36ClN3O4S. The average molecular weight is 570 g/mol. The summed E-state index contributed by atoms with van der Waals surface area (Å²) < 4.78 is 30.9. The van der Waals surface area contributed by atoms with Crippen LogP contribution in [-0.2, 0) is 34.4 Å². The first-order chi connectivity index (χ1) is 18.8. The minimum Gasteiger partial charge on any atom is -0.310 e. The molecule has 1 N–H and O–H groups in total. The van der Waals surface area contributed by atoms with Gasteiger partial charge in [-0.25, -0.2) is 0 Å². The highest BCUT2D eigenvalue weighted by Crippen LogP contribution is 2.43. The summed E-state index contributed by atoms with van der Waals surface area (Å²) in [5.74, 6) is 0.289. The summed E-state index contributed by atoms with van der Waals surface area (Å²) in [5, 5.41) is 4.00. The van der Waals surface area contributed by atoms with Crippen molar-refractivity contribution in [3.05, 3.63) is 69.7 Å². The number of halogens is 1. The first-order valence-electron chi connectivity index (χ1n) is 14.2. The number of fused-ring (bicyclic) bond motifs is 3. The molecule has 1 aliphatic carbocycles. The van der Waals surface area contributed by atoms with Gasteiger partial charge in [-0.2, -0.15) is 17.0 Å². The first kappa shape index (κ1) is 27.1. The fraction of sp³-hybridized carbons (Fsp3) is 0.533. The standard InChI is InChI=1S/C30H36ClN3O4S/c31-29-18-23-16-27(35)15-22(23)17-28(29)30(36)14-21-12-25-6-7-26(13-21)34(25)39(37,38)33-10-8-24(9-11-33)32-19-20-4-2-1-3-5-20/h1-5,17-18,21,24-26,32H,6-16,19H2/t21?,25-,26+. The summed E-state index contributed by atoms with van der Waals surface area (Å²) >= 11 is 6.44. The molecule has 0 spiro atoms. The predicted molar refractivity (Wildman–Crippen MR) is 151 cm³/mol. The molecule has 3 saturated heterocycles. The molecule has 0 amide bonds. The minimum atomic E-state index is -3.53. The van der Waals surface area contributed by atoms with Crippen LogP contribution in [0.15, 0.2) is 42.5 Å². The summed E-state index contributed by atoms with van der Waals surface area (Å²) in [4.78, 5) is 25.1. The van der Waals surface area contributed by atoms with Gasteiger partial charge in [0.2, 0.25) is 0 Å². The third kappa shape index (κ3) is 5.59. The Morgan fingerprint density at radius 1 is 0.949 bits per heavy atom. The molecule has 1 unspecified atom stereocenters. The van der Waals surface area contributed by atoms with E-state index < -0.39 is 10.2 Å². The maximum Gasteiger partial charge on any atom is 0.282 e. The van der Waals surface area contributed by atoms with Gasteiger partial charge in [0.25, 0.3) is 10.2 Å². The van der Waals surface area contributed by atoms with Gasteiger partial charge in [-0.15, -0.1) is 0 Å². The molecule has 208 valence electrons. The molecule has 3 aliphatic heterocycles. The van der Waals surface area contributed by atoms with E-state index in [1.807, 2.05) is 18.2 Å². The second-order valence-corrected chi connectivity index (χ2v) is 14.0. The van der Waals surface area contributed by atoms with Gasteiger partial charge in [0, 0.05) is 62.6 Å². The third-order valence-corrected chi connectivity index (χ3v) is 11.5. The van der Waals surface area contributed by atoms with E-state index >= 15 is 0 Å². The lowest BCUT2D eigenvalue weighted by Gasteiger charge is -2.42. The van der Waals surface area contributed by atoms with Gasteiger partial charge in [0.15, 0.2) is 5.78 Å². The number of carbonyl (C=O) groups excluding carboxylic acids is 2. The van der Waals surface area contributed by atoms with Crippen LogP contribution in [0.25, 0.3) is 0 Å². The Balaban J connectivity index is 1.05. The Kier molecular flexibility index (Phi) is 7.68. The van der Waals surface area contributed by atoms with E-state index in [0.717, 1.165) is 43.4 Å². The fourth-order valence-electron chi connectivity index (χ4n) is 7.13. The van der Waals surface area contributed by atoms with Crippen LogP contribution in [0.4, 0.5) is 0 Å². The van der Waals surface area contributed by atoms with Gasteiger partial charge in [-0.3, -0.25) is 9.59 Å². The molecular weight excluding hydrogens is 534 g/mol. The van der Waals surface area contributed by atoms with Crippen LogP contribution in [0.1, 0.15) is 72.0 Å². The van der Waals surface area contributed by atoms with Crippen molar-refractivity contribution in [2.24, 2.45) is 5.92 Å². The topological polar surface area (TPSA) is 86.8 Å². The number of hydrogen-bond acceptors (Lipinski definition) is 5. The molecule has 3 heterocycles. The van der Waals surface area contributed by atoms with Gasteiger partial charge >= 0.3 is 0 Å². The molecule has 2 aromatic rings. The smallest absolute Gasteiger partial charge is 0.282 e. The molecule has 0 saturated carbocycles. The van der Waals surface area contributed by atoms with Crippen LogP contribution >= 0.6 is 11.6 Å². The van der Waals surface area contributed by atoms with Gasteiger partial charge in [0.1, 0.15) is 5.78 Å². The van der Waals surface area contributed by atoms with Gasteiger partial charge in [-0.05, 0) is 73.3 Å². The summed E-state index contributed by atoms with van der Waals surface area (Å²) in [6, 6.07) is 14.1. The van der Waals surface area contributed by atoms with Crippen LogP contribution in [0, 0.1) is 5.92 Å². The quantitative estimate of drug-likeness (QED) is 0.478. The van der Waals surface area contributed by atoms with Gasteiger partial charge < -0.3 is 5.32 Å². The predicted octanol–water partition coefficient (Wildman–Crippen LogP) is 4.32. The van der Waals surface area contributed by atoms with Crippen LogP contribution in [0.2, 0.25) is 5.02 Å². The maximum absolute atomic E-state index is 13.7. The molecule has 3 atom stereocenters. The number of rotatable bonds is 8. The van der Waals surface area contributed by atoms with E-state index in [1.165, 1.54) is 5.56 Å². The largest absolute Gasteiger partial charge is 0.310 e. The highest BCUT2D eigenvalue weighted by molar-refractivity contribution is 7.86. The lowest BCUT2D eigenvalue weighted by molar-refractivity contribution is -0.117. The Morgan fingerprint density at radius 2 is 1.59 bits per heavy atom. The number of ketones is 2. The summed E-state index contributed by atoms with van der Waals surface area (Å²) in [6.45, 7) is 1.86. The Morgan fingerprint density at radius 3 is 2.26 bits per heavy atom. The maximum atomic E-state index is 13.7. The lowest BCUT2D eigenvalue weighted by atomic mass is 9.86. The van der Waals surface area contributed by atoms with Crippen molar-refractivity contribution in [1.29, 1.82) is 0 Å². The van der Waals surface area contributed by atoms with Crippen molar-refractivity contribution in [3.8, 4) is 0 Å². The van der Waals surface area contributed by atoms with Crippen molar-refractivity contribution < 1.29 is 18.0 Å². The molecule has 6 rings (SSSR count). The highest BCUT2D eigenvalue weighted by Gasteiger charge is 2.49. The second kappa shape index (κ2) is 11.1. The minimum absolute atomic E-state index is 0.00655. The Bertz CT molecular complexity index is 1340. The number of Topliss-reactive ketones (excluding diaryl/α,β-unsaturated/α-hetero) is 2. The number of nitrogens with one attached hydrogen (secondary N) is 1. The Hall–Kier alpha value is -2.10. The number of carbonyl (C=O) groups is 2. The fourth-order valence-corrected chi connectivity index (χ4v) is 9.50. The zero-order valence-corrected chi connectivity index (χ0v) is 23.7. The zero-order valence-electron chi connectivity index (χ0n) is 22.1. The summed E-state index contributed by atoms with van der Waals surface area (Å²) in [5.41, 5.74) is 3.57. The molecule has 0 aromatic heterocycles. The number of nitrogens with zero attached hydrogens (tertiary/aromatic N) is 2. The molecule has 7 nitrogen and oxygen atoms in total. The van der Waals surface area contributed by atoms with E-state index in [1.54, 1.807) is 20.7 Å². The van der Waals surface area contributed by atoms with Crippen molar-refractivity contribution >= 4 is 33.4 Å². The SMILES string of the molecule is O=C1Cc2cc(Cl)c(C(=O)CC3C[C@H]4CC[C@@H](C3)N4S(=O)(=O)N3CCC(NCc4ccccc4)CC3)cc2C1. The number of piperidine rings is 2. The van der Waals surface area contributed by atoms with E-state index in [4.69, 9.17) is 11.6 Å². The third-order valence-electron chi connectivity index (χ3n) is 9.09. The average Bonchev–Trinajstić information content (AvgIpc) is 3.43. The molecule has 4 aliphatic rings. The van der Waals surface area contributed by atoms with Crippen LogP contribution in [0.3, 0.4) is 0 Å². The van der Waals surface area contributed by atoms with E-state index in [9.17, 15) is 18.0 Å². The normalized spacial score (nSPS) is 26.2. The summed E-state index contributed by atoms with van der Waals surface area (Å²) in [6.07, 6.45) is 5.85. The second-order valence-electron chi connectivity index (χ2n) is 11.7. The number of hydrogen-bond donors (Lipinski definition) is 1. The van der Waals surface area contributed by atoms with Gasteiger partial charge in [0.05, 0.1) is 5.02 Å². The monoisotopic (exact) mass is 569 g/mol. The molecule has 3 fully saturated rings. The van der Waals surface area contributed by atoms with Gasteiger partial charge in [-0.1, -0.05) is 41.9 Å². The molecule has 2 bridgehead atoms. The van der Waals surface area contributed by atoms with Crippen molar-refractivity contribution in [2.45, 2.75) is 82.5 Å². The Labute approximate surface area is 236 Å². The summed E-state index contributed by atoms with van der Waals surface area (Å²) in [7, 11) is -3.53.